The lowest BCUT2D eigenvalue weighted by atomic mass is 9.98. The number of hydrogen-bond acceptors (Lipinski definition) is 5. The molecule has 0 saturated carbocycles. The van der Waals surface area contributed by atoms with E-state index in [1.54, 1.807) is 30.3 Å². The number of benzene rings is 2. The molecule has 2 aromatic carbocycles. The smallest absolute Gasteiger partial charge is 0.339 e. The van der Waals surface area contributed by atoms with Crippen molar-refractivity contribution in [2.75, 3.05) is 19.5 Å². The molecular weight excluding hydrogens is 310 g/mol. The molecule has 0 saturated heterocycles. The van der Waals surface area contributed by atoms with Crippen LogP contribution in [0.25, 0.3) is 0 Å². The zero-order valence-electron chi connectivity index (χ0n) is 13.4. The van der Waals surface area contributed by atoms with Crippen LogP contribution in [0.3, 0.4) is 0 Å². The Balaban J connectivity index is 1.75. The van der Waals surface area contributed by atoms with Crippen LogP contribution >= 0.6 is 0 Å². The summed E-state index contributed by atoms with van der Waals surface area (Å²) in [7, 11) is 3.05. The average molecular weight is 327 g/mol. The van der Waals surface area contributed by atoms with E-state index in [9.17, 15) is 9.59 Å². The molecule has 3 rings (SSSR count). The Kier molecular flexibility index (Phi) is 4.37. The van der Waals surface area contributed by atoms with Gasteiger partial charge in [-0.15, -0.1) is 0 Å². The molecule has 1 heterocycles. The number of ether oxygens (including phenoxy) is 3. The van der Waals surface area contributed by atoms with Crippen LogP contribution in [0.5, 0.6) is 11.5 Å². The molecule has 0 unspecified atom stereocenters. The molecule has 1 amide bonds. The van der Waals surface area contributed by atoms with E-state index in [-0.39, 0.29) is 5.91 Å². The highest BCUT2D eigenvalue weighted by molar-refractivity contribution is 6.00. The summed E-state index contributed by atoms with van der Waals surface area (Å²) < 4.78 is 15.6. The van der Waals surface area contributed by atoms with E-state index in [0.717, 1.165) is 5.56 Å². The molecule has 0 aromatic heterocycles. The normalized spacial score (nSPS) is 15.9. The number of carbonyl (C=O) groups is 2. The number of amides is 1. The molecule has 1 aliphatic heterocycles. The third kappa shape index (κ3) is 3.03. The van der Waals surface area contributed by atoms with Crippen LogP contribution in [0, 0.1) is 0 Å². The first-order chi connectivity index (χ1) is 11.6. The first-order valence-electron chi connectivity index (χ1n) is 7.44. The summed E-state index contributed by atoms with van der Waals surface area (Å²) in [4.78, 5) is 24.4. The summed E-state index contributed by atoms with van der Waals surface area (Å²) in [5.74, 6) is 0.198. The Morgan fingerprint density at radius 3 is 2.62 bits per heavy atom. The zero-order valence-corrected chi connectivity index (χ0v) is 13.4. The van der Waals surface area contributed by atoms with E-state index < -0.39 is 12.1 Å². The maximum atomic E-state index is 12.4. The van der Waals surface area contributed by atoms with Crippen molar-refractivity contribution < 1.29 is 23.8 Å². The number of nitrogens with one attached hydrogen (secondary N) is 1. The second-order valence-corrected chi connectivity index (χ2v) is 5.31. The van der Waals surface area contributed by atoms with Crippen LogP contribution < -0.4 is 14.8 Å². The van der Waals surface area contributed by atoms with Gasteiger partial charge >= 0.3 is 5.97 Å². The molecule has 2 aromatic rings. The van der Waals surface area contributed by atoms with Crippen molar-refractivity contribution in [3.8, 4) is 11.5 Å². The molecule has 1 atom stereocenters. The average Bonchev–Trinajstić information content (AvgIpc) is 2.61. The van der Waals surface area contributed by atoms with Gasteiger partial charge in [-0.2, -0.15) is 0 Å². The van der Waals surface area contributed by atoms with E-state index in [0.29, 0.717) is 29.2 Å². The van der Waals surface area contributed by atoms with Crippen LogP contribution in [-0.2, 0) is 16.0 Å². The predicted molar refractivity (Wildman–Crippen MR) is 87.5 cm³/mol. The third-order valence-electron chi connectivity index (χ3n) is 3.84. The molecule has 1 N–H and O–H groups in total. The van der Waals surface area contributed by atoms with E-state index >= 15 is 0 Å². The van der Waals surface area contributed by atoms with Gasteiger partial charge in [0.25, 0.3) is 5.91 Å². The van der Waals surface area contributed by atoms with Crippen molar-refractivity contribution in [2.24, 2.45) is 0 Å². The quantitative estimate of drug-likeness (QED) is 0.873. The van der Waals surface area contributed by atoms with Gasteiger partial charge in [-0.25, -0.2) is 4.79 Å². The second kappa shape index (κ2) is 6.62. The highest BCUT2D eigenvalue weighted by Gasteiger charge is 2.31. The van der Waals surface area contributed by atoms with Gasteiger partial charge in [0.05, 0.1) is 19.8 Å². The number of cyclic esters (lactones) is 1. The van der Waals surface area contributed by atoms with Crippen molar-refractivity contribution in [2.45, 2.75) is 12.5 Å². The van der Waals surface area contributed by atoms with Crippen LogP contribution in [-0.4, -0.2) is 32.2 Å². The third-order valence-corrected chi connectivity index (χ3v) is 3.84. The fraction of sp³-hybridized carbons (Fsp3) is 0.222. The van der Waals surface area contributed by atoms with Crippen molar-refractivity contribution >= 4 is 17.6 Å². The number of carbonyl (C=O) groups excluding carboxylic acids is 2. The standard InChI is InChI=1S/C18H17NO5/c1-22-14-8-7-12(10-15(14)23-2)19-17(20)16-9-11-5-3-4-6-13(11)18(21)24-16/h3-8,10,16H,9H2,1-2H3,(H,19,20)/t16-/m1/s1. The lowest BCUT2D eigenvalue weighted by molar-refractivity contribution is -0.125. The molecule has 1 aliphatic rings. The van der Waals surface area contributed by atoms with E-state index in [1.807, 2.05) is 12.1 Å². The summed E-state index contributed by atoms with van der Waals surface area (Å²) in [5, 5.41) is 2.74. The van der Waals surface area contributed by atoms with Gasteiger partial charge in [0.1, 0.15) is 0 Å². The first kappa shape index (κ1) is 15.9. The van der Waals surface area contributed by atoms with Crippen LogP contribution in [0.15, 0.2) is 42.5 Å². The summed E-state index contributed by atoms with van der Waals surface area (Å²) in [6.07, 6.45) is -0.512. The second-order valence-electron chi connectivity index (χ2n) is 5.31. The number of methoxy groups -OCH3 is 2. The van der Waals surface area contributed by atoms with Gasteiger partial charge in [0.15, 0.2) is 17.6 Å². The van der Waals surface area contributed by atoms with E-state index in [2.05, 4.69) is 5.32 Å². The number of anilines is 1. The van der Waals surface area contributed by atoms with E-state index in [4.69, 9.17) is 14.2 Å². The highest BCUT2D eigenvalue weighted by Crippen LogP contribution is 2.30. The van der Waals surface area contributed by atoms with Crippen LogP contribution in [0.4, 0.5) is 5.69 Å². The topological polar surface area (TPSA) is 73.9 Å². The Labute approximate surface area is 139 Å². The largest absolute Gasteiger partial charge is 0.493 e. The maximum absolute atomic E-state index is 12.4. The summed E-state index contributed by atoms with van der Waals surface area (Å²) in [6, 6.07) is 12.2. The van der Waals surface area contributed by atoms with Gasteiger partial charge < -0.3 is 19.5 Å². The fourth-order valence-electron chi connectivity index (χ4n) is 2.61. The van der Waals surface area contributed by atoms with Gasteiger partial charge in [-0.05, 0) is 23.8 Å². The van der Waals surface area contributed by atoms with Crippen molar-refractivity contribution in [1.29, 1.82) is 0 Å². The van der Waals surface area contributed by atoms with Gasteiger partial charge in [-0.3, -0.25) is 4.79 Å². The van der Waals surface area contributed by atoms with Gasteiger partial charge in [0.2, 0.25) is 0 Å². The summed E-state index contributed by atoms with van der Waals surface area (Å²) >= 11 is 0. The first-order valence-corrected chi connectivity index (χ1v) is 7.44. The van der Waals surface area contributed by atoms with Crippen LogP contribution in [0.2, 0.25) is 0 Å². The zero-order chi connectivity index (χ0) is 17.1. The lowest BCUT2D eigenvalue weighted by Crippen LogP contribution is -2.37. The molecule has 6 nitrogen and oxygen atoms in total. The monoisotopic (exact) mass is 327 g/mol. The van der Waals surface area contributed by atoms with Crippen molar-refractivity contribution in [1.82, 2.24) is 0 Å². The molecule has 0 aliphatic carbocycles. The molecule has 0 radical (unpaired) electrons. The predicted octanol–water partition coefficient (Wildman–Crippen LogP) is 2.42. The van der Waals surface area contributed by atoms with Crippen molar-refractivity contribution in [3.63, 3.8) is 0 Å². The molecule has 6 heteroatoms. The molecule has 0 bridgehead atoms. The maximum Gasteiger partial charge on any atom is 0.339 e. The summed E-state index contributed by atoms with van der Waals surface area (Å²) in [6.45, 7) is 0. The van der Waals surface area contributed by atoms with Crippen LogP contribution in [0.1, 0.15) is 15.9 Å². The molecule has 0 fully saturated rings. The molecular formula is C18H17NO5. The SMILES string of the molecule is COc1ccc(NC(=O)[C@H]2Cc3ccccc3C(=O)O2)cc1OC. The van der Waals surface area contributed by atoms with Gasteiger partial charge in [0, 0.05) is 18.2 Å². The van der Waals surface area contributed by atoms with Crippen molar-refractivity contribution in [3.05, 3.63) is 53.6 Å². The minimum absolute atomic E-state index is 0.348. The minimum atomic E-state index is -0.861. The number of rotatable bonds is 4. The fourth-order valence-corrected chi connectivity index (χ4v) is 2.61. The van der Waals surface area contributed by atoms with E-state index in [1.165, 1.54) is 14.2 Å². The Morgan fingerprint density at radius 1 is 1.12 bits per heavy atom. The Bertz CT molecular complexity index is 787. The number of hydrogen-bond donors (Lipinski definition) is 1. The minimum Gasteiger partial charge on any atom is -0.493 e. The van der Waals surface area contributed by atoms with Gasteiger partial charge in [-0.1, -0.05) is 18.2 Å². The Hall–Kier alpha value is -3.02. The molecule has 24 heavy (non-hydrogen) atoms. The highest BCUT2D eigenvalue weighted by atomic mass is 16.5. The number of fused-ring (bicyclic) bond motifs is 1. The number of esters is 1. The Morgan fingerprint density at radius 2 is 1.88 bits per heavy atom. The molecule has 124 valence electrons. The molecule has 0 spiro atoms. The summed E-state index contributed by atoms with van der Waals surface area (Å²) in [5.41, 5.74) is 1.85. The lowest BCUT2D eigenvalue weighted by Gasteiger charge is -2.23.